The first-order valence-electron chi connectivity index (χ1n) is 9.74. The highest BCUT2D eigenvalue weighted by molar-refractivity contribution is 5.88. The number of phenolic OH excluding ortho intramolecular Hbond substituents is 2. The third kappa shape index (κ3) is 3.57. The summed E-state index contributed by atoms with van der Waals surface area (Å²) in [5.41, 5.74) is -0.562. The molecule has 10 heteroatoms. The van der Waals surface area contributed by atoms with Gasteiger partial charge in [0.2, 0.25) is 0 Å². The van der Waals surface area contributed by atoms with E-state index in [4.69, 9.17) is 13.9 Å². The summed E-state index contributed by atoms with van der Waals surface area (Å²) in [5, 5.41) is 60.8. The number of aromatic hydroxyl groups is 2. The van der Waals surface area contributed by atoms with Crippen LogP contribution in [0.2, 0.25) is 0 Å². The minimum absolute atomic E-state index is 0.119. The van der Waals surface area contributed by atoms with Crippen molar-refractivity contribution in [3.63, 3.8) is 0 Å². The monoisotopic (exact) mass is 446 g/mol. The Morgan fingerprint density at radius 2 is 1.69 bits per heavy atom. The summed E-state index contributed by atoms with van der Waals surface area (Å²) in [5.74, 6) is -0.491. The zero-order valence-electron chi connectivity index (χ0n) is 16.9. The molecule has 0 spiro atoms. The van der Waals surface area contributed by atoms with Crippen LogP contribution < -0.4 is 10.2 Å². The Hall–Kier alpha value is -3.15. The van der Waals surface area contributed by atoms with E-state index in [1.54, 1.807) is 24.3 Å². The summed E-state index contributed by atoms with van der Waals surface area (Å²) in [6.07, 6.45) is -7.90. The molecule has 1 aliphatic heterocycles. The number of methoxy groups -OCH3 is 1. The lowest BCUT2D eigenvalue weighted by atomic mass is 9.89. The molecule has 0 radical (unpaired) electrons. The summed E-state index contributed by atoms with van der Waals surface area (Å²) in [6, 6.07) is 8.95. The first-order valence-corrected chi connectivity index (χ1v) is 9.74. The molecule has 2 heterocycles. The SMILES string of the molecule is COc1ccc(-c2cc(=O)c3c(O)c([C@@H]4OC(CO)[C@@H](O)[C@H](O)C4O)c(O)cc3o2)cc1. The molecular weight excluding hydrogens is 424 g/mol. The van der Waals surface area contributed by atoms with Crippen molar-refractivity contribution in [3.05, 3.63) is 52.2 Å². The van der Waals surface area contributed by atoms with Gasteiger partial charge in [-0.25, -0.2) is 0 Å². The fraction of sp³-hybridized carbons (Fsp3) is 0.318. The Bertz CT molecular complexity index is 1180. The van der Waals surface area contributed by atoms with Gasteiger partial charge in [0, 0.05) is 17.7 Å². The van der Waals surface area contributed by atoms with E-state index in [-0.39, 0.29) is 22.3 Å². The van der Waals surface area contributed by atoms with Crippen molar-refractivity contribution in [2.75, 3.05) is 13.7 Å². The van der Waals surface area contributed by atoms with Crippen LogP contribution in [0.15, 0.2) is 45.6 Å². The molecule has 0 bridgehead atoms. The maximum Gasteiger partial charge on any atom is 0.197 e. The second kappa shape index (κ2) is 8.41. The predicted molar refractivity (Wildman–Crippen MR) is 111 cm³/mol. The van der Waals surface area contributed by atoms with Crippen LogP contribution in [0.5, 0.6) is 17.2 Å². The Kier molecular flexibility index (Phi) is 5.80. The van der Waals surface area contributed by atoms with Gasteiger partial charge in [-0.05, 0) is 24.3 Å². The van der Waals surface area contributed by atoms with Gasteiger partial charge in [0.25, 0.3) is 0 Å². The van der Waals surface area contributed by atoms with Crippen LogP contribution in [0.25, 0.3) is 22.3 Å². The zero-order valence-corrected chi connectivity index (χ0v) is 16.9. The quantitative estimate of drug-likeness (QED) is 0.330. The first-order chi connectivity index (χ1) is 15.3. The van der Waals surface area contributed by atoms with Crippen LogP contribution >= 0.6 is 0 Å². The van der Waals surface area contributed by atoms with Crippen molar-refractivity contribution in [1.29, 1.82) is 0 Å². The molecule has 10 nitrogen and oxygen atoms in total. The highest BCUT2D eigenvalue weighted by Crippen LogP contribution is 2.44. The van der Waals surface area contributed by atoms with Crippen LogP contribution in [0.3, 0.4) is 0 Å². The molecule has 2 aromatic carbocycles. The van der Waals surface area contributed by atoms with Crippen molar-refractivity contribution in [1.82, 2.24) is 0 Å². The van der Waals surface area contributed by atoms with Gasteiger partial charge < -0.3 is 44.5 Å². The maximum absolute atomic E-state index is 12.8. The fourth-order valence-electron chi connectivity index (χ4n) is 3.82. The maximum atomic E-state index is 12.8. The molecule has 3 aromatic rings. The predicted octanol–water partition coefficient (Wildman–Crippen LogP) is 0.395. The highest BCUT2D eigenvalue weighted by atomic mass is 16.5. The van der Waals surface area contributed by atoms with Gasteiger partial charge in [0.1, 0.15) is 64.5 Å². The van der Waals surface area contributed by atoms with Crippen molar-refractivity contribution in [2.45, 2.75) is 30.5 Å². The number of fused-ring (bicyclic) bond motifs is 1. The van der Waals surface area contributed by atoms with Crippen LogP contribution in [0.1, 0.15) is 11.7 Å². The Labute approximate surface area is 181 Å². The lowest BCUT2D eigenvalue weighted by Crippen LogP contribution is -2.55. The summed E-state index contributed by atoms with van der Waals surface area (Å²) >= 11 is 0. The number of aliphatic hydroxyl groups excluding tert-OH is 4. The molecule has 32 heavy (non-hydrogen) atoms. The number of ether oxygens (including phenoxy) is 2. The first kappa shape index (κ1) is 22.1. The van der Waals surface area contributed by atoms with Crippen molar-refractivity contribution in [2.24, 2.45) is 0 Å². The summed E-state index contributed by atoms with van der Waals surface area (Å²) in [4.78, 5) is 12.8. The van der Waals surface area contributed by atoms with Gasteiger partial charge in [-0.15, -0.1) is 0 Å². The fourth-order valence-corrected chi connectivity index (χ4v) is 3.82. The van der Waals surface area contributed by atoms with Crippen LogP contribution in [-0.2, 0) is 4.74 Å². The van der Waals surface area contributed by atoms with Crippen molar-refractivity contribution >= 4 is 11.0 Å². The normalized spacial score (nSPS) is 25.7. The average molecular weight is 446 g/mol. The van der Waals surface area contributed by atoms with Gasteiger partial charge in [-0.2, -0.15) is 0 Å². The van der Waals surface area contributed by atoms with Crippen LogP contribution in [0, 0.1) is 0 Å². The molecule has 170 valence electrons. The Morgan fingerprint density at radius 1 is 1.00 bits per heavy atom. The number of benzene rings is 2. The number of hydrogen-bond donors (Lipinski definition) is 6. The van der Waals surface area contributed by atoms with Gasteiger partial charge in [0.15, 0.2) is 5.43 Å². The molecular formula is C22H22O10. The van der Waals surface area contributed by atoms with E-state index < -0.39 is 54.1 Å². The van der Waals surface area contributed by atoms with Gasteiger partial charge >= 0.3 is 0 Å². The lowest BCUT2D eigenvalue weighted by molar-refractivity contribution is -0.232. The molecule has 2 unspecified atom stereocenters. The van der Waals surface area contributed by atoms with E-state index >= 15 is 0 Å². The van der Waals surface area contributed by atoms with E-state index in [1.165, 1.54) is 7.11 Å². The number of hydrogen-bond acceptors (Lipinski definition) is 10. The Morgan fingerprint density at radius 3 is 2.31 bits per heavy atom. The van der Waals surface area contributed by atoms with E-state index in [2.05, 4.69) is 0 Å². The number of aliphatic hydroxyl groups is 4. The number of rotatable bonds is 4. The van der Waals surface area contributed by atoms with Gasteiger partial charge in [-0.1, -0.05) is 0 Å². The second-order valence-corrected chi connectivity index (χ2v) is 7.48. The molecule has 5 atom stereocenters. The van der Waals surface area contributed by atoms with E-state index in [0.717, 1.165) is 12.1 Å². The molecule has 0 aliphatic carbocycles. The molecule has 1 saturated heterocycles. The molecule has 1 aliphatic rings. The lowest BCUT2D eigenvalue weighted by Gasteiger charge is -2.40. The highest BCUT2D eigenvalue weighted by Gasteiger charge is 2.46. The van der Waals surface area contributed by atoms with Crippen molar-refractivity contribution in [3.8, 4) is 28.6 Å². The third-order valence-corrected chi connectivity index (χ3v) is 5.56. The zero-order chi connectivity index (χ0) is 23.2. The van der Waals surface area contributed by atoms with E-state index in [9.17, 15) is 35.4 Å². The summed E-state index contributed by atoms with van der Waals surface area (Å²) < 4.78 is 16.2. The molecule has 0 saturated carbocycles. The van der Waals surface area contributed by atoms with Crippen molar-refractivity contribution < 1.29 is 44.5 Å². The average Bonchev–Trinajstić information content (AvgIpc) is 2.78. The summed E-state index contributed by atoms with van der Waals surface area (Å²) in [7, 11) is 1.52. The smallest absolute Gasteiger partial charge is 0.197 e. The van der Waals surface area contributed by atoms with E-state index in [0.29, 0.717) is 11.3 Å². The van der Waals surface area contributed by atoms with Crippen LogP contribution in [-0.4, -0.2) is 68.8 Å². The molecule has 1 fully saturated rings. The topological polar surface area (TPSA) is 170 Å². The minimum atomic E-state index is -1.76. The van der Waals surface area contributed by atoms with E-state index in [1.807, 2.05) is 0 Å². The minimum Gasteiger partial charge on any atom is -0.507 e. The molecule has 4 rings (SSSR count). The third-order valence-electron chi connectivity index (χ3n) is 5.56. The number of phenols is 2. The van der Waals surface area contributed by atoms with Gasteiger partial charge in [0.05, 0.1) is 19.3 Å². The molecule has 0 amide bonds. The standard InChI is InChI=1S/C22H22O10/c1-30-10-4-2-9(3-5-10)13-6-11(24)16-14(31-13)7-12(25)17(19(16)27)22-21(29)20(28)18(26)15(8-23)32-22/h2-7,15,18,20-23,25-29H,8H2,1H3/t15?,18-,20+,21?,22+/m1/s1. The molecule has 1 aromatic heterocycles. The second-order valence-electron chi connectivity index (χ2n) is 7.48. The Balaban J connectivity index is 1.83. The van der Waals surface area contributed by atoms with Crippen LogP contribution in [0.4, 0.5) is 0 Å². The summed E-state index contributed by atoms with van der Waals surface area (Å²) in [6.45, 7) is -0.691. The largest absolute Gasteiger partial charge is 0.507 e. The van der Waals surface area contributed by atoms with Gasteiger partial charge in [-0.3, -0.25) is 4.79 Å². The molecule has 6 N–H and O–H groups in total.